The lowest BCUT2D eigenvalue weighted by Gasteiger charge is -2.29. The number of pyridine rings is 1. The van der Waals surface area contributed by atoms with Gasteiger partial charge < -0.3 is 19.7 Å². The Morgan fingerprint density at radius 1 is 1.18 bits per heavy atom. The number of amides is 2. The molecule has 1 aliphatic heterocycles. The van der Waals surface area contributed by atoms with Gasteiger partial charge in [0.25, 0.3) is 5.91 Å². The Bertz CT molecular complexity index is 1040. The van der Waals surface area contributed by atoms with Gasteiger partial charge in [0.15, 0.2) is 0 Å². The molecule has 1 aromatic carbocycles. The zero-order chi connectivity index (χ0) is 25.1. The third-order valence-corrected chi connectivity index (χ3v) is 5.49. The van der Waals surface area contributed by atoms with E-state index in [1.54, 1.807) is 17.0 Å². The lowest BCUT2D eigenvalue weighted by atomic mass is 9.86. The molecule has 3 rings (SSSR count). The van der Waals surface area contributed by atoms with Gasteiger partial charge in [0.2, 0.25) is 5.95 Å². The average molecular weight is 472 g/mol. The van der Waals surface area contributed by atoms with Gasteiger partial charge >= 0.3 is 6.09 Å². The number of hydrogen-bond donors (Lipinski definition) is 1. The van der Waals surface area contributed by atoms with Crippen LogP contribution in [-0.4, -0.2) is 46.7 Å². The molecule has 184 valence electrons. The Morgan fingerprint density at radius 2 is 1.91 bits per heavy atom. The first kappa shape index (κ1) is 25.5. The Kier molecular flexibility index (Phi) is 7.48. The number of nitrogens with zero attached hydrogens (tertiary/aromatic N) is 2. The van der Waals surface area contributed by atoms with E-state index in [2.05, 4.69) is 31.1 Å². The quantitative estimate of drug-likeness (QED) is 0.579. The van der Waals surface area contributed by atoms with Crippen molar-refractivity contribution < 1.29 is 23.5 Å². The molecule has 1 saturated heterocycles. The van der Waals surface area contributed by atoms with E-state index in [9.17, 15) is 14.0 Å². The van der Waals surface area contributed by atoms with Gasteiger partial charge in [-0.05, 0) is 62.8 Å². The molecular weight excluding hydrogens is 437 g/mol. The topological polar surface area (TPSA) is 80.8 Å². The number of anilines is 1. The molecule has 0 spiro atoms. The maximum absolute atomic E-state index is 13.9. The minimum Gasteiger partial charge on any atom is -0.491 e. The van der Waals surface area contributed by atoms with Crippen LogP contribution in [0.4, 0.5) is 14.9 Å². The van der Waals surface area contributed by atoms with Crippen LogP contribution >= 0.6 is 0 Å². The smallest absolute Gasteiger partial charge is 0.410 e. The zero-order valence-electron chi connectivity index (χ0n) is 20.8. The van der Waals surface area contributed by atoms with E-state index < -0.39 is 17.5 Å². The standard InChI is InChI=1S/C26H34FN3O4/c1-25(2,3)20-12-11-17(29-23(31)19-10-7-13-28-22(19)27)15-21(20)33-16-18-9-8-14-30(18)24(32)34-26(4,5)6/h7,10-13,15,18H,8-9,14,16H2,1-6H3,(H,29,31)/t18-/m0/s1. The van der Waals surface area contributed by atoms with Crippen molar-refractivity contribution in [1.29, 1.82) is 0 Å². The van der Waals surface area contributed by atoms with Gasteiger partial charge in [-0.25, -0.2) is 9.78 Å². The molecule has 1 atom stereocenters. The first-order valence-electron chi connectivity index (χ1n) is 11.5. The molecule has 1 aromatic heterocycles. The summed E-state index contributed by atoms with van der Waals surface area (Å²) in [6, 6.07) is 8.18. The molecule has 8 heteroatoms. The number of halogens is 1. The van der Waals surface area contributed by atoms with Gasteiger partial charge in [0.1, 0.15) is 18.0 Å². The second-order valence-electron chi connectivity index (χ2n) is 10.5. The van der Waals surface area contributed by atoms with Crippen molar-refractivity contribution >= 4 is 17.7 Å². The van der Waals surface area contributed by atoms with Crippen molar-refractivity contribution in [2.24, 2.45) is 0 Å². The van der Waals surface area contributed by atoms with Crippen LogP contribution in [0, 0.1) is 5.95 Å². The molecule has 1 aliphatic rings. The molecule has 7 nitrogen and oxygen atoms in total. The fourth-order valence-electron chi connectivity index (χ4n) is 3.85. The molecule has 1 fully saturated rings. The van der Waals surface area contributed by atoms with Gasteiger partial charge in [-0.2, -0.15) is 4.39 Å². The summed E-state index contributed by atoms with van der Waals surface area (Å²) >= 11 is 0. The molecule has 0 radical (unpaired) electrons. The molecular formula is C26H34FN3O4. The van der Waals surface area contributed by atoms with Crippen molar-refractivity contribution in [3.8, 4) is 5.75 Å². The fourth-order valence-corrected chi connectivity index (χ4v) is 3.85. The van der Waals surface area contributed by atoms with Crippen LogP contribution in [-0.2, 0) is 10.2 Å². The fraction of sp³-hybridized carbons (Fsp3) is 0.500. The van der Waals surface area contributed by atoms with E-state index >= 15 is 0 Å². The lowest BCUT2D eigenvalue weighted by Crippen LogP contribution is -2.42. The van der Waals surface area contributed by atoms with Crippen molar-refractivity contribution in [2.75, 3.05) is 18.5 Å². The number of aromatic nitrogens is 1. The molecule has 2 heterocycles. The summed E-state index contributed by atoms with van der Waals surface area (Å²) in [4.78, 5) is 30.4. The molecule has 0 saturated carbocycles. The Labute approximate surface area is 200 Å². The van der Waals surface area contributed by atoms with E-state index in [1.807, 2.05) is 26.8 Å². The Hall–Kier alpha value is -3.16. The van der Waals surface area contributed by atoms with Crippen LogP contribution in [0.25, 0.3) is 0 Å². The zero-order valence-corrected chi connectivity index (χ0v) is 20.8. The number of hydrogen-bond acceptors (Lipinski definition) is 5. The number of carbonyl (C=O) groups is 2. The van der Waals surface area contributed by atoms with E-state index in [4.69, 9.17) is 9.47 Å². The third-order valence-electron chi connectivity index (χ3n) is 5.49. The van der Waals surface area contributed by atoms with Crippen molar-refractivity contribution in [3.05, 3.63) is 53.6 Å². The normalized spacial score (nSPS) is 16.3. The van der Waals surface area contributed by atoms with Crippen LogP contribution < -0.4 is 10.1 Å². The summed E-state index contributed by atoms with van der Waals surface area (Å²) in [5.74, 6) is -0.814. The number of benzene rings is 1. The van der Waals surface area contributed by atoms with Crippen LogP contribution in [0.5, 0.6) is 5.75 Å². The number of nitrogens with one attached hydrogen (secondary N) is 1. The molecule has 1 N–H and O–H groups in total. The van der Waals surface area contributed by atoms with E-state index in [0.717, 1.165) is 18.4 Å². The highest BCUT2D eigenvalue weighted by Gasteiger charge is 2.33. The first-order valence-corrected chi connectivity index (χ1v) is 11.5. The second kappa shape index (κ2) is 9.99. The van der Waals surface area contributed by atoms with Crippen LogP contribution in [0.2, 0.25) is 0 Å². The van der Waals surface area contributed by atoms with Crippen molar-refractivity contribution in [2.45, 2.75) is 71.4 Å². The summed E-state index contributed by atoms with van der Waals surface area (Å²) in [7, 11) is 0. The Morgan fingerprint density at radius 3 is 2.56 bits per heavy atom. The number of ether oxygens (including phenoxy) is 2. The van der Waals surface area contributed by atoms with Gasteiger partial charge in [-0.1, -0.05) is 26.8 Å². The van der Waals surface area contributed by atoms with Crippen LogP contribution in [0.1, 0.15) is 70.3 Å². The molecule has 0 unspecified atom stereocenters. The second-order valence-corrected chi connectivity index (χ2v) is 10.5. The van der Waals surface area contributed by atoms with E-state index in [1.165, 1.54) is 18.3 Å². The minimum absolute atomic E-state index is 0.106. The predicted octanol–water partition coefficient (Wildman–Crippen LogP) is 5.55. The summed E-state index contributed by atoms with van der Waals surface area (Å²) in [6.07, 6.45) is 2.65. The first-order chi connectivity index (χ1) is 15.8. The summed E-state index contributed by atoms with van der Waals surface area (Å²) < 4.78 is 25.7. The number of likely N-dealkylation sites (tertiary alicyclic amines) is 1. The highest BCUT2D eigenvalue weighted by Crippen LogP contribution is 2.34. The SMILES string of the molecule is CC(C)(C)OC(=O)N1CCC[C@H]1COc1cc(NC(=O)c2cccnc2F)ccc1C(C)(C)C. The summed E-state index contributed by atoms with van der Waals surface area (Å²) in [5, 5.41) is 2.72. The number of rotatable bonds is 5. The van der Waals surface area contributed by atoms with Crippen molar-refractivity contribution in [1.82, 2.24) is 9.88 Å². The number of carbonyl (C=O) groups excluding carboxylic acids is 2. The molecule has 2 aromatic rings. The maximum Gasteiger partial charge on any atom is 0.410 e. The van der Waals surface area contributed by atoms with E-state index in [0.29, 0.717) is 24.6 Å². The highest BCUT2D eigenvalue weighted by atomic mass is 19.1. The van der Waals surface area contributed by atoms with Gasteiger partial charge in [-0.3, -0.25) is 4.79 Å². The molecule has 34 heavy (non-hydrogen) atoms. The summed E-state index contributed by atoms with van der Waals surface area (Å²) in [5.41, 5.74) is 0.522. The third kappa shape index (κ3) is 6.46. The monoisotopic (exact) mass is 471 g/mol. The lowest BCUT2D eigenvalue weighted by molar-refractivity contribution is 0.0186. The molecule has 0 aliphatic carbocycles. The molecule has 2 amide bonds. The predicted molar refractivity (Wildman–Crippen MR) is 129 cm³/mol. The van der Waals surface area contributed by atoms with Crippen molar-refractivity contribution in [3.63, 3.8) is 0 Å². The minimum atomic E-state index is -0.828. The van der Waals surface area contributed by atoms with Gasteiger partial charge in [0.05, 0.1) is 11.6 Å². The van der Waals surface area contributed by atoms with Crippen LogP contribution in [0.15, 0.2) is 36.5 Å². The molecule has 0 bridgehead atoms. The van der Waals surface area contributed by atoms with Gasteiger partial charge in [-0.15, -0.1) is 0 Å². The highest BCUT2D eigenvalue weighted by molar-refractivity contribution is 6.04. The average Bonchev–Trinajstić information content (AvgIpc) is 3.19. The Balaban J connectivity index is 1.77. The maximum atomic E-state index is 13.9. The van der Waals surface area contributed by atoms with Crippen LogP contribution in [0.3, 0.4) is 0 Å². The summed E-state index contributed by atoms with van der Waals surface area (Å²) in [6.45, 7) is 12.7. The largest absolute Gasteiger partial charge is 0.491 e. The van der Waals surface area contributed by atoms with E-state index in [-0.39, 0.29) is 23.1 Å². The van der Waals surface area contributed by atoms with Gasteiger partial charge in [0, 0.05) is 24.5 Å².